The molecule has 0 bridgehead atoms. The largest absolute Gasteiger partial charge is 0.354 e. The zero-order valence-electron chi connectivity index (χ0n) is 11.7. The van der Waals surface area contributed by atoms with E-state index in [1.54, 1.807) is 0 Å². The Morgan fingerprint density at radius 1 is 1.37 bits per heavy atom. The lowest BCUT2D eigenvalue weighted by atomic mass is 10.1. The Morgan fingerprint density at radius 2 is 2.05 bits per heavy atom. The maximum atomic E-state index is 13.0. The number of halogens is 1. The molecule has 4 nitrogen and oxygen atoms in total. The van der Waals surface area contributed by atoms with Crippen LogP contribution in [0.25, 0.3) is 0 Å². The van der Waals surface area contributed by atoms with Crippen LogP contribution in [0.2, 0.25) is 0 Å². The van der Waals surface area contributed by atoms with Crippen LogP contribution in [0.5, 0.6) is 0 Å². The second-order valence-electron chi connectivity index (χ2n) is 5.04. The first-order chi connectivity index (χ1) is 9.08. The summed E-state index contributed by atoms with van der Waals surface area (Å²) >= 11 is 0. The van der Waals surface area contributed by atoms with Crippen LogP contribution in [-0.2, 0) is 0 Å². The Kier molecular flexibility index (Phi) is 4.37. The van der Waals surface area contributed by atoms with Crippen LogP contribution < -0.4 is 5.32 Å². The molecular weight excluding hydrogens is 243 g/mol. The summed E-state index contributed by atoms with van der Waals surface area (Å²) in [5.41, 5.74) is 1.10. The first kappa shape index (κ1) is 13.8. The number of rotatable bonds is 4. The van der Waals surface area contributed by atoms with Gasteiger partial charge in [-0.25, -0.2) is 4.39 Å². The van der Waals surface area contributed by atoms with Gasteiger partial charge in [-0.05, 0) is 31.8 Å². The first-order valence-corrected chi connectivity index (χ1v) is 6.49. The van der Waals surface area contributed by atoms with E-state index >= 15 is 0 Å². The Balaban J connectivity index is 2.02. The van der Waals surface area contributed by atoms with E-state index in [2.05, 4.69) is 20.1 Å². The molecule has 0 saturated heterocycles. The van der Waals surface area contributed by atoms with Gasteiger partial charge in [0.1, 0.15) is 5.82 Å². The third kappa shape index (κ3) is 3.44. The molecule has 1 aromatic rings. The van der Waals surface area contributed by atoms with Gasteiger partial charge >= 0.3 is 0 Å². The average Bonchev–Trinajstić information content (AvgIpc) is 2.77. The minimum atomic E-state index is -0.200. The SMILES string of the molecule is CN1CCN=C1NCC(c1ccc(F)cc1)N(C)C. The summed E-state index contributed by atoms with van der Waals surface area (Å²) in [6.07, 6.45) is 0. The van der Waals surface area contributed by atoms with Crippen molar-refractivity contribution in [2.45, 2.75) is 6.04 Å². The summed E-state index contributed by atoms with van der Waals surface area (Å²) in [4.78, 5) is 8.64. The number of guanidine groups is 1. The van der Waals surface area contributed by atoms with E-state index in [-0.39, 0.29) is 11.9 Å². The highest BCUT2D eigenvalue weighted by Crippen LogP contribution is 2.17. The minimum absolute atomic E-state index is 0.192. The van der Waals surface area contributed by atoms with E-state index in [9.17, 15) is 4.39 Å². The normalized spacial score (nSPS) is 16.7. The van der Waals surface area contributed by atoms with Crippen molar-refractivity contribution in [2.75, 3.05) is 40.8 Å². The van der Waals surface area contributed by atoms with Gasteiger partial charge in [0.15, 0.2) is 5.96 Å². The lowest BCUT2D eigenvalue weighted by molar-refractivity contribution is 0.296. The van der Waals surface area contributed by atoms with Crippen molar-refractivity contribution < 1.29 is 4.39 Å². The van der Waals surface area contributed by atoms with Crippen LogP contribution in [0, 0.1) is 5.82 Å². The molecule has 0 spiro atoms. The highest BCUT2D eigenvalue weighted by atomic mass is 19.1. The molecule has 0 saturated carbocycles. The fourth-order valence-corrected chi connectivity index (χ4v) is 2.19. The number of likely N-dealkylation sites (N-methyl/N-ethyl adjacent to an activating group) is 2. The van der Waals surface area contributed by atoms with E-state index in [0.717, 1.165) is 31.2 Å². The Morgan fingerprint density at radius 3 is 2.58 bits per heavy atom. The third-order valence-corrected chi connectivity index (χ3v) is 3.39. The van der Waals surface area contributed by atoms with Crippen molar-refractivity contribution in [1.82, 2.24) is 15.1 Å². The van der Waals surface area contributed by atoms with E-state index < -0.39 is 0 Å². The predicted molar refractivity (Wildman–Crippen MR) is 75.8 cm³/mol. The second kappa shape index (κ2) is 6.02. The number of nitrogens with one attached hydrogen (secondary N) is 1. The zero-order valence-corrected chi connectivity index (χ0v) is 11.7. The molecule has 0 aromatic heterocycles. The van der Waals surface area contributed by atoms with Crippen LogP contribution >= 0.6 is 0 Å². The topological polar surface area (TPSA) is 30.9 Å². The van der Waals surface area contributed by atoms with Crippen molar-refractivity contribution >= 4 is 5.96 Å². The summed E-state index contributed by atoms with van der Waals surface area (Å²) in [6, 6.07) is 6.87. The van der Waals surface area contributed by atoms with E-state index in [1.165, 1.54) is 12.1 Å². The molecule has 5 heteroatoms. The Bertz CT molecular complexity index is 441. The summed E-state index contributed by atoms with van der Waals surface area (Å²) < 4.78 is 13.0. The van der Waals surface area contributed by atoms with Crippen molar-refractivity contribution in [3.05, 3.63) is 35.6 Å². The second-order valence-corrected chi connectivity index (χ2v) is 5.04. The smallest absolute Gasteiger partial charge is 0.193 e. The van der Waals surface area contributed by atoms with Crippen LogP contribution in [0.15, 0.2) is 29.3 Å². The van der Waals surface area contributed by atoms with Gasteiger partial charge in [0, 0.05) is 20.1 Å². The maximum absolute atomic E-state index is 13.0. The molecule has 0 fully saturated rings. The quantitative estimate of drug-likeness (QED) is 0.890. The molecule has 19 heavy (non-hydrogen) atoms. The molecule has 1 atom stereocenters. The van der Waals surface area contributed by atoms with E-state index in [0.29, 0.717) is 0 Å². The van der Waals surface area contributed by atoms with Gasteiger partial charge in [-0.3, -0.25) is 4.99 Å². The molecule has 1 aliphatic rings. The van der Waals surface area contributed by atoms with Crippen molar-refractivity contribution in [3.63, 3.8) is 0 Å². The highest BCUT2D eigenvalue weighted by Gasteiger charge is 2.17. The first-order valence-electron chi connectivity index (χ1n) is 6.49. The molecule has 104 valence electrons. The highest BCUT2D eigenvalue weighted by molar-refractivity contribution is 5.81. The fraction of sp³-hybridized carbons (Fsp3) is 0.500. The minimum Gasteiger partial charge on any atom is -0.354 e. The molecular formula is C14H21FN4. The summed E-state index contributed by atoms with van der Waals surface area (Å²) in [5, 5.41) is 3.37. The summed E-state index contributed by atoms with van der Waals surface area (Å²) in [5.74, 6) is 0.739. The van der Waals surface area contributed by atoms with Crippen LogP contribution in [-0.4, -0.2) is 56.5 Å². The predicted octanol–water partition coefficient (Wildman–Crippen LogP) is 1.32. The van der Waals surface area contributed by atoms with Crippen molar-refractivity contribution in [1.29, 1.82) is 0 Å². The van der Waals surface area contributed by atoms with Gasteiger partial charge in [0.25, 0.3) is 0 Å². The molecule has 0 aliphatic carbocycles. The van der Waals surface area contributed by atoms with Crippen LogP contribution in [0.4, 0.5) is 4.39 Å². The maximum Gasteiger partial charge on any atom is 0.193 e. The molecule has 1 heterocycles. The van der Waals surface area contributed by atoms with E-state index in [1.807, 2.05) is 33.3 Å². The standard InChI is InChI=1S/C14H21FN4/c1-18(2)13(11-4-6-12(15)7-5-11)10-17-14-16-8-9-19(14)3/h4-7,13H,8-10H2,1-3H3,(H,16,17). The molecule has 1 aromatic carbocycles. The number of aliphatic imine (C=N–C) groups is 1. The van der Waals surface area contributed by atoms with Gasteiger partial charge in [0.2, 0.25) is 0 Å². The van der Waals surface area contributed by atoms with Gasteiger partial charge in [-0.2, -0.15) is 0 Å². The van der Waals surface area contributed by atoms with E-state index in [4.69, 9.17) is 0 Å². The lowest BCUT2D eigenvalue weighted by Crippen LogP contribution is -2.40. The molecule has 1 unspecified atom stereocenters. The molecule has 2 rings (SSSR count). The molecule has 1 N–H and O–H groups in total. The van der Waals surface area contributed by atoms with Gasteiger partial charge in [-0.15, -0.1) is 0 Å². The number of hydrogen-bond donors (Lipinski definition) is 1. The molecule has 0 amide bonds. The van der Waals surface area contributed by atoms with Crippen LogP contribution in [0.3, 0.4) is 0 Å². The molecule has 1 aliphatic heterocycles. The van der Waals surface area contributed by atoms with Crippen molar-refractivity contribution in [2.24, 2.45) is 4.99 Å². The Hall–Kier alpha value is -1.62. The average molecular weight is 264 g/mol. The zero-order chi connectivity index (χ0) is 13.8. The Labute approximate surface area is 113 Å². The number of benzene rings is 1. The van der Waals surface area contributed by atoms with Crippen LogP contribution in [0.1, 0.15) is 11.6 Å². The van der Waals surface area contributed by atoms with Gasteiger partial charge in [-0.1, -0.05) is 12.1 Å². The fourth-order valence-electron chi connectivity index (χ4n) is 2.19. The van der Waals surface area contributed by atoms with Gasteiger partial charge < -0.3 is 15.1 Å². The number of hydrogen-bond acceptors (Lipinski definition) is 4. The summed E-state index contributed by atoms with van der Waals surface area (Å²) in [6.45, 7) is 2.56. The lowest BCUT2D eigenvalue weighted by Gasteiger charge is -2.26. The molecule has 0 radical (unpaired) electrons. The third-order valence-electron chi connectivity index (χ3n) is 3.39. The summed E-state index contributed by atoms with van der Waals surface area (Å²) in [7, 11) is 6.08. The van der Waals surface area contributed by atoms with Gasteiger partial charge in [0.05, 0.1) is 12.6 Å². The number of nitrogens with zero attached hydrogens (tertiary/aromatic N) is 3. The van der Waals surface area contributed by atoms with Crippen molar-refractivity contribution in [3.8, 4) is 0 Å². The monoisotopic (exact) mass is 264 g/mol.